The van der Waals surface area contributed by atoms with Gasteiger partial charge in [-0.05, 0) is 38.1 Å². The van der Waals surface area contributed by atoms with E-state index in [9.17, 15) is 12.8 Å². The third-order valence-corrected chi connectivity index (χ3v) is 4.39. The van der Waals surface area contributed by atoms with Gasteiger partial charge >= 0.3 is 0 Å². The number of aliphatic imine (C=N–C) groups is 1. The zero-order valence-electron chi connectivity index (χ0n) is 13.8. The van der Waals surface area contributed by atoms with Gasteiger partial charge in [-0.2, -0.15) is 0 Å². The normalized spacial score (nSPS) is 15.8. The Kier molecular flexibility index (Phi) is 4.25. The molecule has 25 heavy (non-hydrogen) atoms. The van der Waals surface area contributed by atoms with E-state index in [1.165, 1.54) is 12.1 Å². The predicted octanol–water partition coefficient (Wildman–Crippen LogP) is 3.82. The average Bonchev–Trinajstić information content (AvgIpc) is 2.46. The molecule has 0 fully saturated rings. The summed E-state index contributed by atoms with van der Waals surface area (Å²) in [6.07, 6.45) is 1.07. The highest BCUT2D eigenvalue weighted by Crippen LogP contribution is 2.35. The molecular formula is C17H16ClFN2O3S. The maximum atomic E-state index is 13.9. The van der Waals surface area contributed by atoms with Gasteiger partial charge in [0.05, 0.1) is 22.7 Å². The lowest BCUT2D eigenvalue weighted by Crippen LogP contribution is -2.32. The third kappa shape index (κ3) is 3.93. The van der Waals surface area contributed by atoms with Gasteiger partial charge in [-0.1, -0.05) is 17.7 Å². The highest BCUT2D eigenvalue weighted by atomic mass is 35.5. The molecule has 0 unspecified atom stereocenters. The van der Waals surface area contributed by atoms with E-state index in [4.69, 9.17) is 16.3 Å². The lowest BCUT2D eigenvalue weighted by atomic mass is 9.98. The van der Waals surface area contributed by atoms with Crippen molar-refractivity contribution in [1.82, 2.24) is 0 Å². The summed E-state index contributed by atoms with van der Waals surface area (Å²) in [7, 11) is -3.41. The zero-order chi connectivity index (χ0) is 18.4. The van der Waals surface area contributed by atoms with Crippen molar-refractivity contribution in [3.63, 3.8) is 0 Å². The fourth-order valence-electron chi connectivity index (χ4n) is 2.56. The summed E-state index contributed by atoms with van der Waals surface area (Å²) < 4.78 is 44.9. The van der Waals surface area contributed by atoms with Crippen LogP contribution in [0.1, 0.15) is 25.0 Å². The molecule has 0 amide bonds. The van der Waals surface area contributed by atoms with Crippen molar-refractivity contribution in [2.45, 2.75) is 19.6 Å². The Morgan fingerprint density at radius 1 is 1.20 bits per heavy atom. The lowest BCUT2D eigenvalue weighted by Gasteiger charge is -2.30. The van der Waals surface area contributed by atoms with Gasteiger partial charge in [0.1, 0.15) is 11.6 Å². The smallest absolute Gasteiger partial charge is 0.229 e. The molecule has 0 atom stereocenters. The van der Waals surface area contributed by atoms with Crippen LogP contribution in [0.15, 0.2) is 41.4 Å². The van der Waals surface area contributed by atoms with Gasteiger partial charge in [-0.3, -0.25) is 4.72 Å². The van der Waals surface area contributed by atoms with Gasteiger partial charge in [0.15, 0.2) is 5.72 Å². The molecule has 2 aromatic carbocycles. The Labute approximate surface area is 150 Å². The summed E-state index contributed by atoms with van der Waals surface area (Å²) in [6, 6.07) is 9.33. The Morgan fingerprint density at radius 2 is 1.92 bits per heavy atom. The molecule has 1 aliphatic heterocycles. The van der Waals surface area contributed by atoms with Crippen LogP contribution in [0.25, 0.3) is 0 Å². The minimum atomic E-state index is -3.41. The van der Waals surface area contributed by atoms with E-state index in [2.05, 4.69) is 9.71 Å². The molecule has 1 aliphatic rings. The number of ether oxygens (including phenoxy) is 1. The van der Waals surface area contributed by atoms with Crippen molar-refractivity contribution < 1.29 is 17.5 Å². The van der Waals surface area contributed by atoms with E-state index >= 15 is 0 Å². The Hall–Kier alpha value is -2.12. The Morgan fingerprint density at radius 3 is 2.56 bits per heavy atom. The maximum absolute atomic E-state index is 13.9. The first-order valence-corrected chi connectivity index (χ1v) is 9.67. The molecule has 132 valence electrons. The van der Waals surface area contributed by atoms with Crippen molar-refractivity contribution in [3.8, 4) is 5.75 Å². The first kappa shape index (κ1) is 17.7. The number of hydrogen-bond donors (Lipinski definition) is 1. The molecule has 0 bridgehead atoms. The van der Waals surface area contributed by atoms with Crippen LogP contribution in [0.4, 0.5) is 10.1 Å². The molecule has 1 heterocycles. The van der Waals surface area contributed by atoms with Crippen molar-refractivity contribution in [1.29, 1.82) is 0 Å². The van der Waals surface area contributed by atoms with E-state index in [1.807, 2.05) is 0 Å². The van der Waals surface area contributed by atoms with Crippen molar-refractivity contribution in [2.75, 3.05) is 11.0 Å². The van der Waals surface area contributed by atoms with Crippen molar-refractivity contribution in [3.05, 3.63) is 58.4 Å². The second kappa shape index (κ2) is 6.00. The number of rotatable bonds is 3. The first-order chi connectivity index (χ1) is 11.5. The topological polar surface area (TPSA) is 67.8 Å². The maximum Gasteiger partial charge on any atom is 0.229 e. The zero-order valence-corrected chi connectivity index (χ0v) is 15.4. The van der Waals surface area contributed by atoms with Crippen LogP contribution in [-0.4, -0.2) is 26.1 Å². The summed E-state index contributed by atoms with van der Waals surface area (Å²) in [4.78, 5) is 4.55. The van der Waals surface area contributed by atoms with Crippen LogP contribution >= 0.6 is 11.6 Å². The summed E-state index contributed by atoms with van der Waals surface area (Å²) >= 11 is 5.75. The first-order valence-electron chi connectivity index (χ1n) is 7.41. The number of halogens is 2. The van der Waals surface area contributed by atoms with Crippen molar-refractivity contribution >= 4 is 33.0 Å². The second-order valence-electron chi connectivity index (χ2n) is 6.22. The minimum Gasteiger partial charge on any atom is -0.466 e. The fraction of sp³-hybridized carbons (Fsp3) is 0.235. The van der Waals surface area contributed by atoms with E-state index in [0.717, 1.165) is 6.26 Å². The van der Waals surface area contributed by atoms with Crippen LogP contribution in [0.5, 0.6) is 5.75 Å². The van der Waals surface area contributed by atoms with Gasteiger partial charge in [-0.15, -0.1) is 0 Å². The van der Waals surface area contributed by atoms with E-state index in [0.29, 0.717) is 28.3 Å². The number of anilines is 1. The summed E-state index contributed by atoms with van der Waals surface area (Å²) in [6.45, 7) is 3.53. The number of benzene rings is 2. The molecule has 0 radical (unpaired) electrons. The highest BCUT2D eigenvalue weighted by molar-refractivity contribution is 7.92. The van der Waals surface area contributed by atoms with E-state index in [1.54, 1.807) is 38.1 Å². The molecule has 0 saturated heterocycles. The van der Waals surface area contributed by atoms with E-state index in [-0.39, 0.29) is 5.02 Å². The largest absolute Gasteiger partial charge is 0.466 e. The van der Waals surface area contributed by atoms with Gasteiger partial charge in [0, 0.05) is 17.2 Å². The van der Waals surface area contributed by atoms with Gasteiger partial charge < -0.3 is 4.74 Å². The summed E-state index contributed by atoms with van der Waals surface area (Å²) in [5.74, 6) is -0.0814. The Bertz CT molecular complexity index is 987. The van der Waals surface area contributed by atoms with Crippen molar-refractivity contribution in [2.24, 2.45) is 4.99 Å². The summed E-state index contributed by atoms with van der Waals surface area (Å²) in [5, 5.41) is 0.0311. The number of fused-ring (bicyclic) bond motifs is 1. The molecule has 0 saturated carbocycles. The van der Waals surface area contributed by atoms with E-state index < -0.39 is 21.6 Å². The van der Waals surface area contributed by atoms with Gasteiger partial charge in [-0.25, -0.2) is 17.8 Å². The molecular weight excluding hydrogens is 367 g/mol. The molecule has 5 nitrogen and oxygen atoms in total. The highest BCUT2D eigenvalue weighted by Gasteiger charge is 2.29. The molecule has 0 aromatic heterocycles. The predicted molar refractivity (Wildman–Crippen MR) is 96.7 cm³/mol. The number of nitrogens with one attached hydrogen (secondary N) is 1. The molecule has 3 rings (SSSR count). The standard InChI is InChI=1S/C17H16ClFN2O3S/c1-17(2)20-16(10-4-7-13(18)14(19)8-10)12-6-5-11(9-15(12)24-17)21-25(3,22)23/h4-9,21H,1-3H3. The molecule has 0 aliphatic carbocycles. The van der Waals surface area contributed by atoms with Gasteiger partial charge in [0.25, 0.3) is 0 Å². The molecule has 2 aromatic rings. The molecule has 1 N–H and O–H groups in total. The quantitative estimate of drug-likeness (QED) is 0.877. The monoisotopic (exact) mass is 382 g/mol. The number of hydrogen-bond acceptors (Lipinski definition) is 4. The Balaban J connectivity index is 2.11. The van der Waals surface area contributed by atoms with Crippen LogP contribution in [-0.2, 0) is 10.0 Å². The van der Waals surface area contributed by atoms with Gasteiger partial charge in [0.2, 0.25) is 10.0 Å². The van der Waals surface area contributed by atoms with Crippen LogP contribution < -0.4 is 9.46 Å². The second-order valence-corrected chi connectivity index (χ2v) is 8.38. The fourth-order valence-corrected chi connectivity index (χ4v) is 3.24. The molecule has 8 heteroatoms. The van der Waals surface area contributed by atoms with Crippen LogP contribution in [0.2, 0.25) is 5.02 Å². The number of nitrogens with zero attached hydrogens (tertiary/aromatic N) is 1. The molecule has 0 spiro atoms. The minimum absolute atomic E-state index is 0.0311. The third-order valence-electron chi connectivity index (χ3n) is 3.47. The lowest BCUT2D eigenvalue weighted by molar-refractivity contribution is 0.115. The number of sulfonamides is 1. The SMILES string of the molecule is CC1(C)N=C(c2ccc(Cl)c(F)c2)c2ccc(NS(C)(=O)=O)cc2O1. The average molecular weight is 383 g/mol. The van der Waals surface area contributed by atoms with Crippen LogP contribution in [0.3, 0.4) is 0 Å². The van der Waals surface area contributed by atoms with Crippen LogP contribution in [0, 0.1) is 5.82 Å². The summed E-state index contributed by atoms with van der Waals surface area (Å²) in [5.41, 5.74) is 1.24.